The average molecular weight is 300 g/mol. The van der Waals surface area contributed by atoms with Crippen molar-refractivity contribution < 1.29 is 13.2 Å². The molecule has 0 amide bonds. The van der Waals surface area contributed by atoms with E-state index in [2.05, 4.69) is 14.7 Å². The van der Waals surface area contributed by atoms with Crippen LogP contribution in [0.4, 0.5) is 5.82 Å². The molecule has 0 aromatic carbocycles. The summed E-state index contributed by atoms with van der Waals surface area (Å²) in [5.41, 5.74) is 0. The van der Waals surface area contributed by atoms with Crippen LogP contribution >= 0.6 is 23.2 Å². The first-order valence-electron chi connectivity index (χ1n) is 4.70. The van der Waals surface area contributed by atoms with Gasteiger partial charge in [-0.3, -0.25) is 4.72 Å². The Morgan fingerprint density at radius 3 is 2.76 bits per heavy atom. The van der Waals surface area contributed by atoms with Gasteiger partial charge in [0.05, 0.1) is 12.4 Å². The summed E-state index contributed by atoms with van der Waals surface area (Å²) in [7, 11) is -3.55. The first-order valence-corrected chi connectivity index (χ1v) is 7.11. The molecule has 17 heavy (non-hydrogen) atoms. The molecule has 6 nitrogen and oxygen atoms in total. The molecule has 0 radical (unpaired) electrons. The molecule has 0 saturated heterocycles. The number of halogens is 2. The lowest BCUT2D eigenvalue weighted by Gasteiger charge is -2.08. The van der Waals surface area contributed by atoms with E-state index in [1.165, 1.54) is 0 Å². The molecule has 1 rings (SSSR count). The number of nitrogens with zero attached hydrogens (tertiary/aromatic N) is 2. The maximum Gasteiger partial charge on any atom is 0.236 e. The van der Waals surface area contributed by atoms with Crippen molar-refractivity contribution in [3.63, 3.8) is 0 Å². The van der Waals surface area contributed by atoms with Gasteiger partial charge in [-0.25, -0.2) is 18.4 Å². The van der Waals surface area contributed by atoms with Crippen LogP contribution in [0.5, 0.6) is 0 Å². The van der Waals surface area contributed by atoms with E-state index in [0.29, 0.717) is 6.61 Å². The molecule has 1 aromatic heterocycles. The molecule has 1 N–H and O–H groups in total. The lowest BCUT2D eigenvalue weighted by Crippen LogP contribution is -2.21. The van der Waals surface area contributed by atoms with E-state index in [1.807, 2.05) is 0 Å². The van der Waals surface area contributed by atoms with Gasteiger partial charge in [0.25, 0.3) is 0 Å². The molecule has 0 fully saturated rings. The number of anilines is 1. The predicted molar refractivity (Wildman–Crippen MR) is 66.0 cm³/mol. The van der Waals surface area contributed by atoms with Gasteiger partial charge in [0.1, 0.15) is 11.3 Å². The first kappa shape index (κ1) is 14.4. The number of sulfonamides is 1. The third-order valence-electron chi connectivity index (χ3n) is 1.70. The fraction of sp³-hybridized carbons (Fsp3) is 0.500. The minimum atomic E-state index is -3.55. The Bertz CT molecular complexity index is 481. The molecule has 1 heterocycles. The Kier molecular flexibility index (Phi) is 5.38. The highest BCUT2D eigenvalue weighted by molar-refractivity contribution is 7.92. The van der Waals surface area contributed by atoms with Crippen molar-refractivity contribution in [2.75, 3.05) is 23.7 Å². The summed E-state index contributed by atoms with van der Waals surface area (Å²) in [5.74, 6) is -0.220. The van der Waals surface area contributed by atoms with E-state index in [0.717, 1.165) is 6.33 Å². The highest BCUT2D eigenvalue weighted by Gasteiger charge is 2.15. The molecule has 0 atom stereocenters. The second kappa shape index (κ2) is 6.34. The summed E-state index contributed by atoms with van der Waals surface area (Å²) in [6.07, 6.45) is 1.12. The fourth-order valence-corrected chi connectivity index (χ4v) is 2.15. The summed E-state index contributed by atoms with van der Waals surface area (Å²) < 4.78 is 30.3. The van der Waals surface area contributed by atoms with Gasteiger partial charge >= 0.3 is 0 Å². The van der Waals surface area contributed by atoms with Crippen LogP contribution in [0.3, 0.4) is 0 Å². The van der Waals surface area contributed by atoms with Gasteiger partial charge in [0.15, 0.2) is 11.0 Å². The number of hydrogen-bond donors (Lipinski definition) is 1. The minimum Gasteiger partial charge on any atom is -0.381 e. The van der Waals surface area contributed by atoms with Crippen molar-refractivity contribution in [2.24, 2.45) is 0 Å². The van der Waals surface area contributed by atoms with Crippen LogP contribution in [0.1, 0.15) is 6.92 Å². The van der Waals surface area contributed by atoms with Crippen LogP contribution in [-0.2, 0) is 14.8 Å². The largest absolute Gasteiger partial charge is 0.381 e. The van der Waals surface area contributed by atoms with E-state index < -0.39 is 10.0 Å². The Labute approximate surface area is 109 Å². The van der Waals surface area contributed by atoms with Crippen LogP contribution in [0.15, 0.2) is 6.33 Å². The van der Waals surface area contributed by atoms with Crippen molar-refractivity contribution in [1.82, 2.24) is 9.97 Å². The van der Waals surface area contributed by atoms with Crippen LogP contribution in [0.2, 0.25) is 10.2 Å². The molecule has 9 heteroatoms. The normalized spacial score (nSPS) is 11.5. The van der Waals surface area contributed by atoms with E-state index in [-0.39, 0.29) is 28.4 Å². The Morgan fingerprint density at radius 2 is 2.12 bits per heavy atom. The standard InChI is InChI=1S/C8H11Cl2N3O3S/c1-2-16-3-4-17(14,15)13-8-6(9)7(10)11-5-12-8/h5H,2-4H2,1H3,(H,11,12,13). The monoisotopic (exact) mass is 299 g/mol. The van der Waals surface area contributed by atoms with Gasteiger partial charge in [-0.15, -0.1) is 0 Å². The van der Waals surface area contributed by atoms with Gasteiger partial charge < -0.3 is 4.74 Å². The van der Waals surface area contributed by atoms with Gasteiger partial charge in [0, 0.05) is 6.61 Å². The number of aromatic nitrogens is 2. The molecule has 0 saturated carbocycles. The van der Waals surface area contributed by atoms with Crippen molar-refractivity contribution in [2.45, 2.75) is 6.92 Å². The molecule has 0 aliphatic rings. The molecule has 0 spiro atoms. The summed E-state index contributed by atoms with van der Waals surface area (Å²) in [6, 6.07) is 0. The van der Waals surface area contributed by atoms with E-state index in [9.17, 15) is 8.42 Å². The third kappa shape index (κ3) is 4.63. The smallest absolute Gasteiger partial charge is 0.236 e. The Hall–Kier alpha value is -0.630. The van der Waals surface area contributed by atoms with Gasteiger partial charge in [0.2, 0.25) is 10.0 Å². The molecule has 1 aromatic rings. The summed E-state index contributed by atoms with van der Waals surface area (Å²) in [6.45, 7) is 2.33. The zero-order chi connectivity index (χ0) is 12.9. The van der Waals surface area contributed by atoms with E-state index in [4.69, 9.17) is 27.9 Å². The second-order valence-electron chi connectivity index (χ2n) is 2.94. The van der Waals surface area contributed by atoms with Crippen molar-refractivity contribution in [3.8, 4) is 0 Å². The Balaban J connectivity index is 2.73. The van der Waals surface area contributed by atoms with Crippen molar-refractivity contribution >= 4 is 39.0 Å². The summed E-state index contributed by atoms with van der Waals surface area (Å²) in [5, 5.41) is -0.0432. The topological polar surface area (TPSA) is 81.2 Å². The quantitative estimate of drug-likeness (QED) is 0.637. The lowest BCUT2D eigenvalue weighted by molar-refractivity contribution is 0.163. The van der Waals surface area contributed by atoms with E-state index in [1.54, 1.807) is 6.92 Å². The van der Waals surface area contributed by atoms with Crippen LogP contribution in [0, 0.1) is 0 Å². The maximum atomic E-state index is 11.6. The molecular weight excluding hydrogens is 289 g/mol. The van der Waals surface area contributed by atoms with Gasteiger partial charge in [-0.1, -0.05) is 23.2 Å². The highest BCUT2D eigenvalue weighted by Crippen LogP contribution is 2.25. The number of rotatable bonds is 6. The van der Waals surface area contributed by atoms with Crippen LogP contribution < -0.4 is 4.72 Å². The number of ether oxygens (including phenoxy) is 1. The third-order valence-corrected chi connectivity index (χ3v) is 3.65. The lowest BCUT2D eigenvalue weighted by atomic mass is 10.6. The highest BCUT2D eigenvalue weighted by atomic mass is 35.5. The zero-order valence-electron chi connectivity index (χ0n) is 8.98. The zero-order valence-corrected chi connectivity index (χ0v) is 11.3. The maximum absolute atomic E-state index is 11.6. The minimum absolute atomic E-state index is 0.0100. The van der Waals surface area contributed by atoms with Gasteiger partial charge in [-0.05, 0) is 6.92 Å². The number of nitrogens with one attached hydrogen (secondary N) is 1. The predicted octanol–water partition coefficient (Wildman–Crippen LogP) is 1.56. The molecule has 0 bridgehead atoms. The summed E-state index contributed by atoms with van der Waals surface area (Å²) in [4.78, 5) is 7.30. The summed E-state index contributed by atoms with van der Waals surface area (Å²) >= 11 is 11.4. The van der Waals surface area contributed by atoms with Crippen molar-refractivity contribution in [3.05, 3.63) is 16.5 Å². The van der Waals surface area contributed by atoms with Crippen LogP contribution in [0.25, 0.3) is 0 Å². The average Bonchev–Trinajstić information content (AvgIpc) is 2.25. The molecule has 96 valence electrons. The second-order valence-corrected chi connectivity index (χ2v) is 5.52. The van der Waals surface area contributed by atoms with Crippen LogP contribution in [-0.4, -0.2) is 37.4 Å². The molecule has 0 aliphatic carbocycles. The fourth-order valence-electron chi connectivity index (χ4n) is 0.931. The first-order chi connectivity index (χ1) is 7.96. The van der Waals surface area contributed by atoms with Gasteiger partial charge in [-0.2, -0.15) is 0 Å². The number of hydrogen-bond acceptors (Lipinski definition) is 5. The van der Waals surface area contributed by atoms with E-state index >= 15 is 0 Å². The molecular formula is C8H11Cl2N3O3S. The Morgan fingerprint density at radius 1 is 1.41 bits per heavy atom. The molecule has 0 unspecified atom stereocenters. The van der Waals surface area contributed by atoms with Crippen molar-refractivity contribution in [1.29, 1.82) is 0 Å². The SMILES string of the molecule is CCOCCS(=O)(=O)Nc1ncnc(Cl)c1Cl. The molecule has 0 aliphatic heterocycles.